The van der Waals surface area contributed by atoms with Gasteiger partial charge in [0.1, 0.15) is 5.75 Å². The maximum atomic E-state index is 12.2. The van der Waals surface area contributed by atoms with E-state index < -0.39 is 10.0 Å². The number of amides is 1. The van der Waals surface area contributed by atoms with Gasteiger partial charge in [-0.1, -0.05) is 12.1 Å². The molecular weight excluding hydrogens is 328 g/mol. The Balaban J connectivity index is 1.74. The van der Waals surface area contributed by atoms with Gasteiger partial charge in [0.05, 0.1) is 19.3 Å². The molecule has 1 fully saturated rings. The van der Waals surface area contributed by atoms with Crippen molar-refractivity contribution >= 4 is 15.9 Å². The van der Waals surface area contributed by atoms with Gasteiger partial charge in [0.25, 0.3) is 0 Å². The molecule has 0 aromatic heterocycles. The summed E-state index contributed by atoms with van der Waals surface area (Å²) in [6, 6.07) is 7.89. The van der Waals surface area contributed by atoms with Crippen molar-refractivity contribution in [3.05, 3.63) is 29.8 Å². The third-order valence-corrected chi connectivity index (χ3v) is 5.57. The van der Waals surface area contributed by atoms with Crippen LogP contribution in [0.25, 0.3) is 0 Å². The largest absolute Gasteiger partial charge is 0.497 e. The molecular formula is C17H26N2O4S. The summed E-state index contributed by atoms with van der Waals surface area (Å²) in [7, 11) is -1.58. The molecule has 1 amide bonds. The lowest BCUT2D eigenvalue weighted by Crippen LogP contribution is -2.45. The molecule has 1 aliphatic heterocycles. The Morgan fingerprint density at radius 1 is 1.42 bits per heavy atom. The van der Waals surface area contributed by atoms with E-state index in [1.807, 2.05) is 24.3 Å². The van der Waals surface area contributed by atoms with Gasteiger partial charge in [-0.2, -0.15) is 0 Å². The summed E-state index contributed by atoms with van der Waals surface area (Å²) in [5.41, 5.74) is 1.17. The minimum Gasteiger partial charge on any atom is -0.497 e. The molecule has 1 aromatic carbocycles. The topological polar surface area (TPSA) is 75.7 Å². The minimum absolute atomic E-state index is 0.0472. The standard InChI is InChI=1S/C17H26N2O4S/c1-23-16-9-3-6-14(12-16)7-4-10-18-17(20)15-8-5-11-19(13-15)24(2,21)22/h3,6,9,12,15H,4-5,7-8,10-11,13H2,1-2H3,(H,18,20)/t15-/m0/s1. The number of rotatable bonds is 7. The van der Waals surface area contributed by atoms with Gasteiger partial charge in [0.2, 0.25) is 15.9 Å². The van der Waals surface area contributed by atoms with Gasteiger partial charge in [0, 0.05) is 19.6 Å². The molecule has 1 heterocycles. The van der Waals surface area contributed by atoms with Crippen LogP contribution in [-0.4, -0.2) is 51.6 Å². The second-order valence-electron chi connectivity index (χ2n) is 6.21. The summed E-state index contributed by atoms with van der Waals surface area (Å²) in [5.74, 6) is 0.541. The van der Waals surface area contributed by atoms with Crippen LogP contribution in [-0.2, 0) is 21.2 Å². The Bertz CT molecular complexity index is 660. The average Bonchev–Trinajstić information content (AvgIpc) is 2.58. The van der Waals surface area contributed by atoms with Gasteiger partial charge < -0.3 is 10.1 Å². The highest BCUT2D eigenvalue weighted by Gasteiger charge is 2.29. The number of methoxy groups -OCH3 is 1. The Morgan fingerprint density at radius 3 is 2.92 bits per heavy atom. The first-order chi connectivity index (χ1) is 11.4. The third-order valence-electron chi connectivity index (χ3n) is 4.30. The van der Waals surface area contributed by atoms with Crippen molar-refractivity contribution in [2.75, 3.05) is 33.0 Å². The summed E-state index contributed by atoms with van der Waals surface area (Å²) in [6.45, 7) is 1.39. The molecule has 1 aromatic rings. The zero-order valence-corrected chi connectivity index (χ0v) is 15.1. The number of nitrogens with one attached hydrogen (secondary N) is 1. The van der Waals surface area contributed by atoms with Gasteiger partial charge in [0.15, 0.2) is 0 Å². The summed E-state index contributed by atoms with van der Waals surface area (Å²) >= 11 is 0. The fourth-order valence-electron chi connectivity index (χ4n) is 2.93. The molecule has 1 aliphatic rings. The number of nitrogens with zero attached hydrogens (tertiary/aromatic N) is 1. The van der Waals surface area contributed by atoms with Crippen LogP contribution in [0.15, 0.2) is 24.3 Å². The first kappa shape index (κ1) is 18.7. The number of hydrogen-bond acceptors (Lipinski definition) is 4. The molecule has 6 nitrogen and oxygen atoms in total. The quantitative estimate of drug-likeness (QED) is 0.752. The maximum absolute atomic E-state index is 12.2. The highest BCUT2D eigenvalue weighted by molar-refractivity contribution is 7.88. The third kappa shape index (κ3) is 5.49. The number of benzene rings is 1. The molecule has 7 heteroatoms. The second kappa shape index (κ2) is 8.48. The van der Waals surface area contributed by atoms with Gasteiger partial charge in [-0.05, 0) is 43.4 Å². The molecule has 1 N–H and O–H groups in total. The highest BCUT2D eigenvalue weighted by Crippen LogP contribution is 2.19. The molecule has 134 valence electrons. The van der Waals surface area contributed by atoms with E-state index in [2.05, 4.69) is 5.32 Å². The fourth-order valence-corrected chi connectivity index (χ4v) is 3.85. The first-order valence-corrected chi connectivity index (χ1v) is 10.1. The van der Waals surface area contributed by atoms with Gasteiger partial charge in [-0.15, -0.1) is 0 Å². The molecule has 0 aliphatic carbocycles. The summed E-state index contributed by atoms with van der Waals surface area (Å²) in [5, 5.41) is 2.93. The van der Waals surface area contributed by atoms with Crippen molar-refractivity contribution in [2.24, 2.45) is 5.92 Å². The molecule has 0 radical (unpaired) electrons. The Morgan fingerprint density at radius 2 is 2.21 bits per heavy atom. The average molecular weight is 354 g/mol. The van der Waals surface area contributed by atoms with Crippen molar-refractivity contribution in [2.45, 2.75) is 25.7 Å². The summed E-state index contributed by atoms with van der Waals surface area (Å²) in [6.07, 6.45) is 4.36. The molecule has 0 spiro atoms. The van der Waals surface area contributed by atoms with Crippen LogP contribution in [0.2, 0.25) is 0 Å². The Kier molecular flexibility index (Phi) is 6.62. The molecule has 0 bridgehead atoms. The van der Waals surface area contributed by atoms with Crippen LogP contribution in [0.5, 0.6) is 5.75 Å². The molecule has 0 unspecified atom stereocenters. The monoisotopic (exact) mass is 354 g/mol. The number of carbonyl (C=O) groups excluding carboxylic acids is 1. The van der Waals surface area contributed by atoms with Crippen molar-refractivity contribution in [1.82, 2.24) is 9.62 Å². The Labute approximate surface area is 144 Å². The van der Waals surface area contributed by atoms with Crippen LogP contribution >= 0.6 is 0 Å². The van der Waals surface area contributed by atoms with Crippen molar-refractivity contribution in [3.63, 3.8) is 0 Å². The lowest BCUT2D eigenvalue weighted by atomic mass is 9.99. The van der Waals surface area contributed by atoms with E-state index in [0.717, 1.165) is 31.4 Å². The SMILES string of the molecule is COc1cccc(CCCNC(=O)[C@H]2CCCN(S(C)(=O)=O)C2)c1. The number of aryl methyl sites for hydroxylation is 1. The minimum atomic E-state index is -3.22. The zero-order chi connectivity index (χ0) is 17.6. The van der Waals surface area contributed by atoms with Crippen LogP contribution in [0.4, 0.5) is 0 Å². The predicted octanol–water partition coefficient (Wildman–Crippen LogP) is 1.42. The van der Waals surface area contributed by atoms with Crippen LogP contribution in [0.1, 0.15) is 24.8 Å². The van der Waals surface area contributed by atoms with E-state index in [1.54, 1.807) is 7.11 Å². The highest BCUT2D eigenvalue weighted by atomic mass is 32.2. The molecule has 0 saturated carbocycles. The summed E-state index contributed by atoms with van der Waals surface area (Å²) < 4.78 is 29.8. The fraction of sp³-hybridized carbons (Fsp3) is 0.588. The lowest BCUT2D eigenvalue weighted by Gasteiger charge is -2.30. The maximum Gasteiger partial charge on any atom is 0.224 e. The molecule has 24 heavy (non-hydrogen) atoms. The van der Waals surface area contributed by atoms with E-state index in [1.165, 1.54) is 16.1 Å². The van der Waals surface area contributed by atoms with E-state index >= 15 is 0 Å². The number of hydrogen-bond donors (Lipinski definition) is 1. The number of carbonyl (C=O) groups is 1. The zero-order valence-electron chi connectivity index (χ0n) is 14.3. The van der Waals surface area contributed by atoms with Gasteiger partial charge in [-0.25, -0.2) is 12.7 Å². The van der Waals surface area contributed by atoms with E-state index in [4.69, 9.17) is 4.74 Å². The van der Waals surface area contributed by atoms with Crippen LogP contribution < -0.4 is 10.1 Å². The molecule has 1 atom stereocenters. The number of piperidine rings is 1. The summed E-state index contributed by atoms with van der Waals surface area (Å²) in [4.78, 5) is 12.2. The second-order valence-corrected chi connectivity index (χ2v) is 8.19. The first-order valence-electron chi connectivity index (χ1n) is 8.26. The van der Waals surface area contributed by atoms with Crippen molar-refractivity contribution in [3.8, 4) is 5.75 Å². The van der Waals surface area contributed by atoms with E-state index in [-0.39, 0.29) is 11.8 Å². The van der Waals surface area contributed by atoms with E-state index in [0.29, 0.717) is 19.6 Å². The number of sulfonamides is 1. The van der Waals surface area contributed by atoms with Crippen LogP contribution in [0.3, 0.4) is 0 Å². The Hall–Kier alpha value is -1.60. The lowest BCUT2D eigenvalue weighted by molar-refractivity contribution is -0.126. The van der Waals surface area contributed by atoms with E-state index in [9.17, 15) is 13.2 Å². The normalized spacial score (nSPS) is 19.0. The van der Waals surface area contributed by atoms with Crippen LogP contribution in [0, 0.1) is 5.92 Å². The molecule has 1 saturated heterocycles. The van der Waals surface area contributed by atoms with Gasteiger partial charge in [-0.3, -0.25) is 4.79 Å². The van der Waals surface area contributed by atoms with Crippen molar-refractivity contribution in [1.29, 1.82) is 0 Å². The van der Waals surface area contributed by atoms with Gasteiger partial charge >= 0.3 is 0 Å². The molecule has 2 rings (SSSR count). The predicted molar refractivity (Wildman–Crippen MR) is 93.5 cm³/mol. The van der Waals surface area contributed by atoms with Crippen molar-refractivity contribution < 1.29 is 17.9 Å². The number of ether oxygens (including phenoxy) is 1. The smallest absolute Gasteiger partial charge is 0.224 e.